The zero-order valence-corrected chi connectivity index (χ0v) is 12.9. The highest BCUT2D eigenvalue weighted by Crippen LogP contribution is 2.36. The van der Waals surface area contributed by atoms with E-state index in [4.69, 9.17) is 0 Å². The number of aliphatic hydroxyl groups is 1. The molecule has 3 rings (SSSR count). The van der Waals surface area contributed by atoms with E-state index in [1.807, 2.05) is 0 Å². The van der Waals surface area contributed by atoms with Crippen LogP contribution in [0, 0.1) is 5.82 Å². The Labute approximate surface area is 140 Å². The molecule has 0 bridgehead atoms. The normalized spacial score (nSPS) is 20.8. The number of alkyl halides is 3. The Morgan fingerprint density at radius 2 is 2.00 bits per heavy atom. The lowest BCUT2D eigenvalue weighted by Gasteiger charge is -2.25. The van der Waals surface area contributed by atoms with Crippen molar-refractivity contribution in [1.82, 2.24) is 9.88 Å². The standard InChI is InChI=1S/C17H14F4N2O2/c18-12-4-5-14(22-8-12)16(25)23-9-13(24)7-15(23)10-2-1-3-11(6-10)17(19,20)21/h1-6,8,13,15,24H,7,9H2. The van der Waals surface area contributed by atoms with E-state index >= 15 is 0 Å². The molecule has 2 aromatic rings. The SMILES string of the molecule is O=C(c1ccc(F)cn1)N1CC(O)CC1c1cccc(C(F)(F)F)c1. The van der Waals surface area contributed by atoms with Gasteiger partial charge >= 0.3 is 6.18 Å². The first-order valence-corrected chi connectivity index (χ1v) is 7.53. The van der Waals surface area contributed by atoms with Crippen LogP contribution in [0.15, 0.2) is 42.6 Å². The van der Waals surface area contributed by atoms with E-state index in [1.165, 1.54) is 23.1 Å². The minimum Gasteiger partial charge on any atom is -0.391 e. The van der Waals surface area contributed by atoms with Gasteiger partial charge in [-0.15, -0.1) is 0 Å². The molecule has 132 valence electrons. The van der Waals surface area contributed by atoms with E-state index in [0.29, 0.717) is 0 Å². The van der Waals surface area contributed by atoms with Gasteiger partial charge in [0.25, 0.3) is 5.91 Å². The molecule has 1 aliphatic rings. The molecule has 2 unspecified atom stereocenters. The maximum absolute atomic E-state index is 13.0. The molecule has 8 heteroatoms. The Hall–Kier alpha value is -2.48. The largest absolute Gasteiger partial charge is 0.416 e. The molecule has 1 N–H and O–H groups in total. The number of hydrogen-bond acceptors (Lipinski definition) is 3. The van der Waals surface area contributed by atoms with Crippen LogP contribution >= 0.6 is 0 Å². The molecule has 0 saturated carbocycles. The summed E-state index contributed by atoms with van der Waals surface area (Å²) < 4.78 is 51.7. The van der Waals surface area contributed by atoms with Gasteiger partial charge in [0, 0.05) is 6.54 Å². The second kappa shape index (κ2) is 6.44. The molecule has 0 radical (unpaired) electrons. The number of carbonyl (C=O) groups is 1. The topological polar surface area (TPSA) is 53.4 Å². The van der Waals surface area contributed by atoms with Gasteiger partial charge in [-0.2, -0.15) is 13.2 Å². The Bertz CT molecular complexity index is 777. The molecule has 1 aromatic heterocycles. The van der Waals surface area contributed by atoms with Crippen LogP contribution in [0.3, 0.4) is 0 Å². The van der Waals surface area contributed by atoms with Crippen molar-refractivity contribution in [1.29, 1.82) is 0 Å². The monoisotopic (exact) mass is 354 g/mol. The summed E-state index contributed by atoms with van der Waals surface area (Å²) in [6, 6.07) is 6.23. The summed E-state index contributed by atoms with van der Waals surface area (Å²) in [5, 5.41) is 9.90. The third-order valence-electron chi connectivity index (χ3n) is 4.09. The number of carbonyl (C=O) groups excluding carboxylic acids is 1. The maximum atomic E-state index is 13.0. The molecular formula is C17H14F4N2O2. The average Bonchev–Trinajstić information content (AvgIpc) is 2.96. The van der Waals surface area contributed by atoms with Crippen LogP contribution in [0.1, 0.15) is 34.1 Å². The van der Waals surface area contributed by atoms with E-state index in [9.17, 15) is 27.5 Å². The lowest BCUT2D eigenvalue weighted by atomic mass is 10.0. The Balaban J connectivity index is 1.92. The molecule has 0 spiro atoms. The van der Waals surface area contributed by atoms with Gasteiger partial charge in [-0.05, 0) is 36.2 Å². The first kappa shape index (κ1) is 17.3. The molecule has 1 amide bonds. The van der Waals surface area contributed by atoms with E-state index in [-0.39, 0.29) is 24.2 Å². The van der Waals surface area contributed by atoms with Crippen molar-refractivity contribution in [2.45, 2.75) is 24.7 Å². The Morgan fingerprint density at radius 3 is 2.64 bits per heavy atom. The highest BCUT2D eigenvalue weighted by Gasteiger charge is 2.38. The highest BCUT2D eigenvalue weighted by molar-refractivity contribution is 5.92. The Kier molecular flexibility index (Phi) is 4.47. The van der Waals surface area contributed by atoms with Crippen LogP contribution < -0.4 is 0 Å². The molecule has 2 atom stereocenters. The second-order valence-corrected chi connectivity index (χ2v) is 5.85. The molecule has 1 aliphatic heterocycles. The predicted octanol–water partition coefficient (Wildman–Crippen LogP) is 3.19. The number of amides is 1. The van der Waals surface area contributed by atoms with Gasteiger partial charge in [0.1, 0.15) is 11.5 Å². The van der Waals surface area contributed by atoms with Gasteiger partial charge in [0.2, 0.25) is 0 Å². The second-order valence-electron chi connectivity index (χ2n) is 5.85. The van der Waals surface area contributed by atoms with Gasteiger partial charge in [-0.1, -0.05) is 12.1 Å². The van der Waals surface area contributed by atoms with Crippen molar-refractivity contribution >= 4 is 5.91 Å². The molecule has 4 nitrogen and oxygen atoms in total. The molecule has 1 saturated heterocycles. The van der Waals surface area contributed by atoms with Crippen LogP contribution in [0.2, 0.25) is 0 Å². The fraction of sp³-hybridized carbons (Fsp3) is 0.294. The number of aromatic nitrogens is 1. The maximum Gasteiger partial charge on any atom is 0.416 e. The van der Waals surface area contributed by atoms with Gasteiger partial charge in [0.05, 0.1) is 23.9 Å². The van der Waals surface area contributed by atoms with E-state index in [1.54, 1.807) is 0 Å². The molecule has 0 aliphatic carbocycles. The van der Waals surface area contributed by atoms with E-state index in [2.05, 4.69) is 4.98 Å². The van der Waals surface area contributed by atoms with Crippen molar-refractivity contribution in [3.8, 4) is 0 Å². The van der Waals surface area contributed by atoms with Crippen molar-refractivity contribution in [2.75, 3.05) is 6.54 Å². The fourth-order valence-electron chi connectivity index (χ4n) is 2.93. The first-order valence-electron chi connectivity index (χ1n) is 7.53. The highest BCUT2D eigenvalue weighted by atomic mass is 19.4. The van der Waals surface area contributed by atoms with E-state index < -0.39 is 35.6 Å². The van der Waals surface area contributed by atoms with Gasteiger partial charge in [0.15, 0.2) is 0 Å². The molecule has 1 aromatic carbocycles. The lowest BCUT2D eigenvalue weighted by Crippen LogP contribution is -2.32. The molecule has 2 heterocycles. The lowest BCUT2D eigenvalue weighted by molar-refractivity contribution is -0.137. The van der Waals surface area contributed by atoms with Gasteiger partial charge < -0.3 is 10.0 Å². The van der Waals surface area contributed by atoms with Crippen LogP contribution in [-0.4, -0.2) is 33.5 Å². The minimum absolute atomic E-state index is 0.0290. The number of likely N-dealkylation sites (tertiary alicyclic amines) is 1. The molecular weight excluding hydrogens is 340 g/mol. The minimum atomic E-state index is -4.50. The van der Waals surface area contributed by atoms with Gasteiger partial charge in [-0.3, -0.25) is 4.79 Å². The summed E-state index contributed by atoms with van der Waals surface area (Å²) in [4.78, 5) is 17.5. The fourth-order valence-corrected chi connectivity index (χ4v) is 2.93. The van der Waals surface area contributed by atoms with Crippen molar-refractivity contribution in [2.24, 2.45) is 0 Å². The summed E-state index contributed by atoms with van der Waals surface area (Å²) >= 11 is 0. The number of rotatable bonds is 2. The predicted molar refractivity (Wildman–Crippen MR) is 80.0 cm³/mol. The van der Waals surface area contributed by atoms with E-state index in [0.717, 1.165) is 24.4 Å². The number of benzene rings is 1. The van der Waals surface area contributed by atoms with Gasteiger partial charge in [-0.25, -0.2) is 9.37 Å². The average molecular weight is 354 g/mol. The third-order valence-corrected chi connectivity index (χ3v) is 4.09. The number of hydrogen-bond donors (Lipinski definition) is 1. The quantitative estimate of drug-likeness (QED) is 0.843. The smallest absolute Gasteiger partial charge is 0.391 e. The summed E-state index contributed by atoms with van der Waals surface area (Å²) in [6.45, 7) is -0.0290. The number of pyridine rings is 1. The molecule has 25 heavy (non-hydrogen) atoms. The first-order chi connectivity index (χ1) is 11.8. The van der Waals surface area contributed by atoms with Crippen LogP contribution in [0.5, 0.6) is 0 Å². The molecule has 1 fully saturated rings. The number of halogens is 4. The number of β-amino-alcohol motifs (C(OH)–C–C–N with tert-alkyl or cyclic N) is 1. The Morgan fingerprint density at radius 1 is 1.24 bits per heavy atom. The summed E-state index contributed by atoms with van der Waals surface area (Å²) in [5.41, 5.74) is -0.576. The summed E-state index contributed by atoms with van der Waals surface area (Å²) in [6.07, 6.45) is -4.35. The van der Waals surface area contributed by atoms with Crippen LogP contribution in [0.4, 0.5) is 17.6 Å². The third kappa shape index (κ3) is 3.63. The van der Waals surface area contributed by atoms with Crippen molar-refractivity contribution < 1.29 is 27.5 Å². The zero-order chi connectivity index (χ0) is 18.2. The van der Waals surface area contributed by atoms with Crippen LogP contribution in [0.25, 0.3) is 0 Å². The van der Waals surface area contributed by atoms with Crippen LogP contribution in [-0.2, 0) is 6.18 Å². The number of aliphatic hydroxyl groups excluding tert-OH is 1. The summed E-state index contributed by atoms with van der Waals surface area (Å²) in [7, 11) is 0. The van der Waals surface area contributed by atoms with Crippen molar-refractivity contribution in [3.63, 3.8) is 0 Å². The number of nitrogens with zero attached hydrogens (tertiary/aromatic N) is 2. The summed E-state index contributed by atoms with van der Waals surface area (Å²) in [5.74, 6) is -1.17. The zero-order valence-electron chi connectivity index (χ0n) is 12.9. The van der Waals surface area contributed by atoms with Crippen molar-refractivity contribution in [3.05, 3.63) is 65.2 Å².